The van der Waals surface area contributed by atoms with Gasteiger partial charge in [-0.1, -0.05) is 6.42 Å². The second-order valence-corrected chi connectivity index (χ2v) is 8.68. The quantitative estimate of drug-likeness (QED) is 0.804. The number of hydrogen-bond acceptors (Lipinski definition) is 5. The van der Waals surface area contributed by atoms with Gasteiger partial charge in [-0.05, 0) is 44.9 Å². The minimum Gasteiger partial charge on any atom is -0.381 e. The van der Waals surface area contributed by atoms with Crippen molar-refractivity contribution in [3.63, 3.8) is 0 Å². The lowest BCUT2D eigenvalue weighted by molar-refractivity contribution is 0.0357. The predicted octanol–water partition coefficient (Wildman–Crippen LogP) is 3.13. The van der Waals surface area contributed by atoms with Gasteiger partial charge in [0.2, 0.25) is 0 Å². The molecule has 2 fully saturated rings. The zero-order chi connectivity index (χ0) is 17.8. The van der Waals surface area contributed by atoms with Gasteiger partial charge in [0.25, 0.3) is 0 Å². The van der Waals surface area contributed by atoms with E-state index >= 15 is 0 Å². The van der Waals surface area contributed by atoms with E-state index in [1.165, 1.54) is 29.8 Å². The van der Waals surface area contributed by atoms with Crippen LogP contribution in [0.4, 0.5) is 9.93 Å². The molecule has 3 heterocycles. The Morgan fingerprint density at radius 3 is 2.77 bits per heavy atom. The molecular formula is C19H30N4O2S. The average Bonchev–Trinajstić information content (AvgIpc) is 2.85. The fourth-order valence-corrected chi connectivity index (χ4v) is 5.35. The van der Waals surface area contributed by atoms with E-state index in [0.29, 0.717) is 6.04 Å². The lowest BCUT2D eigenvalue weighted by Gasteiger charge is -2.33. The van der Waals surface area contributed by atoms with Gasteiger partial charge < -0.3 is 9.64 Å². The first-order valence-corrected chi connectivity index (χ1v) is 11.0. The molecule has 3 aliphatic rings. The number of urea groups is 1. The van der Waals surface area contributed by atoms with Gasteiger partial charge in [-0.3, -0.25) is 10.2 Å². The summed E-state index contributed by atoms with van der Waals surface area (Å²) < 4.78 is 5.48. The topological polar surface area (TPSA) is 57.7 Å². The number of amides is 2. The lowest BCUT2D eigenvalue weighted by atomic mass is 10.1. The highest BCUT2D eigenvalue weighted by Crippen LogP contribution is 2.29. The molecule has 4 rings (SSSR count). The molecule has 26 heavy (non-hydrogen) atoms. The Balaban J connectivity index is 1.32. The molecule has 1 aliphatic carbocycles. The molecule has 0 saturated carbocycles. The Kier molecular flexibility index (Phi) is 6.07. The summed E-state index contributed by atoms with van der Waals surface area (Å²) in [5.74, 6) is 0. The maximum Gasteiger partial charge on any atom is 0.323 e. The fraction of sp³-hybridized carbons (Fsp3) is 0.789. The summed E-state index contributed by atoms with van der Waals surface area (Å²) in [6.07, 6.45) is 9.22. The van der Waals surface area contributed by atoms with Crippen molar-refractivity contribution < 1.29 is 9.53 Å². The van der Waals surface area contributed by atoms with Crippen molar-refractivity contribution in [1.29, 1.82) is 0 Å². The van der Waals surface area contributed by atoms with Gasteiger partial charge in [0, 0.05) is 50.3 Å². The maximum atomic E-state index is 12.7. The number of aromatic nitrogens is 1. The molecule has 144 valence electrons. The number of nitrogens with zero attached hydrogens (tertiary/aromatic N) is 3. The third-order valence-corrected chi connectivity index (χ3v) is 6.91. The average molecular weight is 379 g/mol. The number of aryl methyl sites for hydroxylation is 2. The van der Waals surface area contributed by atoms with E-state index in [0.717, 1.165) is 76.6 Å². The van der Waals surface area contributed by atoms with Crippen molar-refractivity contribution in [3.8, 4) is 0 Å². The summed E-state index contributed by atoms with van der Waals surface area (Å²) in [7, 11) is 0. The van der Waals surface area contributed by atoms with Crippen LogP contribution in [0.5, 0.6) is 0 Å². The van der Waals surface area contributed by atoms with Gasteiger partial charge >= 0.3 is 6.03 Å². The van der Waals surface area contributed by atoms with Gasteiger partial charge in [-0.25, -0.2) is 9.78 Å². The van der Waals surface area contributed by atoms with Gasteiger partial charge in [0.05, 0.1) is 5.69 Å². The Bertz CT molecular complexity index is 591. The van der Waals surface area contributed by atoms with Crippen LogP contribution >= 0.6 is 11.3 Å². The minimum absolute atomic E-state index is 0.0164. The number of nitrogens with one attached hydrogen (secondary N) is 1. The molecule has 0 bridgehead atoms. The summed E-state index contributed by atoms with van der Waals surface area (Å²) in [5.41, 5.74) is 1.21. The van der Waals surface area contributed by atoms with Crippen molar-refractivity contribution in [2.45, 2.75) is 57.4 Å². The van der Waals surface area contributed by atoms with Crippen LogP contribution in [-0.2, 0) is 17.6 Å². The van der Waals surface area contributed by atoms with Crippen LogP contribution in [0.3, 0.4) is 0 Å². The summed E-state index contributed by atoms with van der Waals surface area (Å²) >= 11 is 1.68. The summed E-state index contributed by atoms with van der Waals surface area (Å²) in [6, 6.07) is 0.643. The minimum atomic E-state index is 0.0164. The van der Waals surface area contributed by atoms with Crippen molar-refractivity contribution >= 4 is 22.5 Å². The molecule has 1 aromatic heterocycles. The number of anilines is 1. The number of carbonyl (C=O) groups is 1. The van der Waals surface area contributed by atoms with Crippen molar-refractivity contribution in [1.82, 2.24) is 14.8 Å². The molecule has 0 aromatic carbocycles. The van der Waals surface area contributed by atoms with Gasteiger partial charge in [-0.15, -0.1) is 11.3 Å². The molecule has 2 saturated heterocycles. The second-order valence-electron chi connectivity index (χ2n) is 7.60. The predicted molar refractivity (Wildman–Crippen MR) is 104 cm³/mol. The monoisotopic (exact) mass is 378 g/mol. The smallest absolute Gasteiger partial charge is 0.323 e. The summed E-state index contributed by atoms with van der Waals surface area (Å²) in [4.78, 5) is 23.3. The highest BCUT2D eigenvalue weighted by atomic mass is 32.1. The van der Waals surface area contributed by atoms with Crippen molar-refractivity contribution in [3.05, 3.63) is 10.6 Å². The molecule has 1 aromatic rings. The summed E-state index contributed by atoms with van der Waals surface area (Å²) in [6.45, 7) is 5.43. The van der Waals surface area contributed by atoms with Crippen LogP contribution in [0.15, 0.2) is 0 Å². The third-order valence-electron chi connectivity index (χ3n) is 5.83. The van der Waals surface area contributed by atoms with Gasteiger partial charge in [0.15, 0.2) is 5.13 Å². The third kappa shape index (κ3) is 4.38. The molecule has 0 radical (unpaired) electrons. The Morgan fingerprint density at radius 1 is 1.04 bits per heavy atom. The SMILES string of the molecule is O=C(Nc1nc2c(s1)CCCCC2)N1CCCN(C2CCOCC2)CC1. The molecule has 0 atom stereocenters. The lowest BCUT2D eigenvalue weighted by Crippen LogP contribution is -2.42. The van der Waals surface area contributed by atoms with Crippen LogP contribution in [0.1, 0.15) is 49.1 Å². The van der Waals surface area contributed by atoms with Crippen LogP contribution in [0.2, 0.25) is 0 Å². The molecule has 1 N–H and O–H groups in total. The number of ether oxygens (including phenoxy) is 1. The highest BCUT2D eigenvalue weighted by Gasteiger charge is 2.26. The maximum absolute atomic E-state index is 12.7. The zero-order valence-corrected chi connectivity index (χ0v) is 16.4. The zero-order valence-electron chi connectivity index (χ0n) is 15.5. The Labute approximate surface area is 159 Å². The van der Waals surface area contributed by atoms with Crippen LogP contribution in [0, 0.1) is 0 Å². The number of fused-ring (bicyclic) bond motifs is 1. The van der Waals surface area contributed by atoms with E-state index in [1.54, 1.807) is 11.3 Å². The van der Waals surface area contributed by atoms with Gasteiger partial charge in [-0.2, -0.15) is 0 Å². The van der Waals surface area contributed by atoms with Crippen LogP contribution in [0.25, 0.3) is 0 Å². The Morgan fingerprint density at radius 2 is 1.88 bits per heavy atom. The number of carbonyl (C=O) groups excluding carboxylic acids is 1. The van der Waals surface area contributed by atoms with Crippen molar-refractivity contribution in [2.24, 2.45) is 0 Å². The van der Waals surface area contributed by atoms with Crippen LogP contribution in [-0.4, -0.2) is 66.2 Å². The molecular weight excluding hydrogens is 348 g/mol. The first kappa shape index (κ1) is 18.2. The molecule has 7 heteroatoms. The van der Waals surface area contributed by atoms with E-state index in [2.05, 4.69) is 10.2 Å². The molecule has 0 spiro atoms. The normalized spacial score (nSPS) is 23.2. The molecule has 2 aliphatic heterocycles. The van der Waals surface area contributed by atoms with E-state index < -0.39 is 0 Å². The molecule has 6 nitrogen and oxygen atoms in total. The second kappa shape index (κ2) is 8.67. The van der Waals surface area contributed by atoms with Crippen LogP contribution < -0.4 is 5.32 Å². The number of hydrogen-bond donors (Lipinski definition) is 1. The van der Waals surface area contributed by atoms with Gasteiger partial charge in [0.1, 0.15) is 0 Å². The first-order chi connectivity index (χ1) is 12.8. The standard InChI is InChI=1S/C19H30N4O2S/c24-19(21-18-20-16-5-2-1-3-6-17(16)26-18)23-10-4-9-22(11-12-23)15-7-13-25-14-8-15/h15H,1-14H2,(H,20,21,24). The van der Waals surface area contributed by atoms with E-state index in [4.69, 9.17) is 9.72 Å². The summed E-state index contributed by atoms with van der Waals surface area (Å²) in [5, 5.41) is 3.85. The Hall–Kier alpha value is -1.18. The number of thiazole rings is 1. The highest BCUT2D eigenvalue weighted by molar-refractivity contribution is 7.15. The van der Waals surface area contributed by atoms with E-state index in [-0.39, 0.29) is 6.03 Å². The molecule has 0 unspecified atom stereocenters. The first-order valence-electron chi connectivity index (χ1n) is 10.2. The number of rotatable bonds is 2. The fourth-order valence-electron chi connectivity index (χ4n) is 4.31. The molecule has 2 amide bonds. The van der Waals surface area contributed by atoms with E-state index in [1.807, 2.05) is 4.90 Å². The van der Waals surface area contributed by atoms with E-state index in [9.17, 15) is 4.79 Å². The van der Waals surface area contributed by atoms with Crippen molar-refractivity contribution in [2.75, 3.05) is 44.7 Å². The largest absolute Gasteiger partial charge is 0.381 e.